The Morgan fingerprint density at radius 3 is 2.65 bits per heavy atom. The molecule has 0 fully saturated rings. The summed E-state index contributed by atoms with van der Waals surface area (Å²) in [6, 6.07) is 1.54. The Kier molecular flexibility index (Phi) is 4.19. The van der Waals surface area contributed by atoms with E-state index in [-0.39, 0.29) is 11.9 Å². The molecule has 1 amide bonds. The predicted molar refractivity (Wildman–Crippen MR) is 75.2 cm³/mol. The average molecular weight is 272 g/mol. The summed E-state index contributed by atoms with van der Waals surface area (Å²) in [6.07, 6.45) is 4.42. The number of aryl methyl sites for hydroxylation is 2. The number of hydrogen-bond donors (Lipinski definition) is 2. The molecule has 7 heteroatoms. The molecule has 2 aromatic heterocycles. The zero-order valence-corrected chi connectivity index (χ0v) is 11.4. The fourth-order valence-corrected chi connectivity index (χ4v) is 1.77. The standard InChI is InChI=1S/C13H16N6O/c1-3-10-11(4-2)18-19-13(16-10)17-12(20)8-5-6-15-7-9(8)14/h5-7H,3-4,14H2,1-2H3,(H,16,17,19,20). The van der Waals surface area contributed by atoms with Crippen LogP contribution in [0.2, 0.25) is 0 Å². The third-order valence-electron chi connectivity index (χ3n) is 2.83. The van der Waals surface area contributed by atoms with Gasteiger partial charge in [0, 0.05) is 6.20 Å². The van der Waals surface area contributed by atoms with E-state index in [0.717, 1.165) is 24.2 Å². The van der Waals surface area contributed by atoms with E-state index in [1.807, 2.05) is 13.8 Å². The van der Waals surface area contributed by atoms with Gasteiger partial charge in [-0.2, -0.15) is 0 Å². The molecule has 2 aromatic rings. The molecule has 104 valence electrons. The fourth-order valence-electron chi connectivity index (χ4n) is 1.77. The van der Waals surface area contributed by atoms with Crippen LogP contribution in [-0.2, 0) is 12.8 Å². The van der Waals surface area contributed by atoms with Gasteiger partial charge in [-0.3, -0.25) is 15.1 Å². The average Bonchev–Trinajstić information content (AvgIpc) is 2.47. The van der Waals surface area contributed by atoms with Crippen LogP contribution in [0.1, 0.15) is 35.6 Å². The van der Waals surface area contributed by atoms with E-state index in [2.05, 4.69) is 25.5 Å². The van der Waals surface area contributed by atoms with Crippen LogP contribution in [0.15, 0.2) is 18.5 Å². The lowest BCUT2D eigenvalue weighted by atomic mass is 10.2. The Labute approximate surface area is 116 Å². The lowest BCUT2D eigenvalue weighted by Gasteiger charge is -2.08. The highest BCUT2D eigenvalue weighted by Crippen LogP contribution is 2.12. The van der Waals surface area contributed by atoms with E-state index in [0.29, 0.717) is 11.3 Å². The fraction of sp³-hybridized carbons (Fsp3) is 0.308. The van der Waals surface area contributed by atoms with Crippen LogP contribution < -0.4 is 11.1 Å². The van der Waals surface area contributed by atoms with E-state index in [1.54, 1.807) is 6.07 Å². The molecular formula is C13H16N6O. The maximum Gasteiger partial charge on any atom is 0.260 e. The zero-order valence-electron chi connectivity index (χ0n) is 11.4. The number of nitrogens with two attached hydrogens (primary N) is 1. The molecule has 0 aliphatic carbocycles. The van der Waals surface area contributed by atoms with Crippen molar-refractivity contribution in [2.75, 3.05) is 11.1 Å². The van der Waals surface area contributed by atoms with Crippen molar-refractivity contribution in [3.63, 3.8) is 0 Å². The number of amides is 1. The number of carbonyl (C=O) groups is 1. The number of rotatable bonds is 4. The zero-order chi connectivity index (χ0) is 14.5. The largest absolute Gasteiger partial charge is 0.397 e. The molecule has 20 heavy (non-hydrogen) atoms. The third kappa shape index (κ3) is 2.87. The van der Waals surface area contributed by atoms with E-state index in [1.165, 1.54) is 12.4 Å². The molecule has 0 bridgehead atoms. The molecule has 2 heterocycles. The van der Waals surface area contributed by atoms with Crippen LogP contribution in [0.5, 0.6) is 0 Å². The van der Waals surface area contributed by atoms with Crippen molar-refractivity contribution < 1.29 is 4.79 Å². The lowest BCUT2D eigenvalue weighted by molar-refractivity contribution is 0.102. The molecule has 0 radical (unpaired) electrons. The molecule has 2 rings (SSSR count). The van der Waals surface area contributed by atoms with Crippen molar-refractivity contribution in [1.82, 2.24) is 20.2 Å². The molecule has 0 unspecified atom stereocenters. The van der Waals surface area contributed by atoms with Gasteiger partial charge in [-0.15, -0.1) is 10.2 Å². The minimum atomic E-state index is -0.377. The Bertz CT molecular complexity index is 628. The summed E-state index contributed by atoms with van der Waals surface area (Å²) in [5.74, 6) is -0.196. The van der Waals surface area contributed by atoms with Gasteiger partial charge in [-0.1, -0.05) is 13.8 Å². The Morgan fingerprint density at radius 1 is 1.25 bits per heavy atom. The first-order valence-corrected chi connectivity index (χ1v) is 6.39. The third-order valence-corrected chi connectivity index (χ3v) is 2.83. The van der Waals surface area contributed by atoms with Gasteiger partial charge in [0.05, 0.1) is 28.8 Å². The first-order valence-electron chi connectivity index (χ1n) is 6.39. The minimum absolute atomic E-state index is 0.181. The number of hydrogen-bond acceptors (Lipinski definition) is 6. The van der Waals surface area contributed by atoms with E-state index in [9.17, 15) is 4.79 Å². The van der Waals surface area contributed by atoms with Crippen LogP contribution in [0.4, 0.5) is 11.6 Å². The molecule has 0 saturated carbocycles. The summed E-state index contributed by atoms with van der Waals surface area (Å²) in [5.41, 5.74) is 8.01. The molecule has 0 saturated heterocycles. The van der Waals surface area contributed by atoms with Crippen LogP contribution in [0.3, 0.4) is 0 Å². The van der Waals surface area contributed by atoms with Crippen LogP contribution in [0, 0.1) is 0 Å². The molecule has 0 aliphatic rings. The topological polar surface area (TPSA) is 107 Å². The lowest BCUT2D eigenvalue weighted by Crippen LogP contribution is -2.17. The first kappa shape index (κ1) is 13.9. The van der Waals surface area contributed by atoms with Gasteiger partial charge in [0.2, 0.25) is 5.95 Å². The normalized spacial score (nSPS) is 10.3. The SMILES string of the molecule is CCc1nnc(NC(=O)c2ccncc2N)nc1CC. The maximum atomic E-state index is 12.1. The number of nitrogens with one attached hydrogen (secondary N) is 1. The molecule has 0 spiro atoms. The number of aromatic nitrogens is 4. The van der Waals surface area contributed by atoms with Crippen molar-refractivity contribution in [1.29, 1.82) is 0 Å². The Balaban J connectivity index is 2.22. The van der Waals surface area contributed by atoms with Crippen LogP contribution in [0.25, 0.3) is 0 Å². The van der Waals surface area contributed by atoms with Crippen molar-refractivity contribution >= 4 is 17.5 Å². The highest BCUT2D eigenvalue weighted by atomic mass is 16.1. The Hall–Kier alpha value is -2.57. The van der Waals surface area contributed by atoms with Gasteiger partial charge in [-0.05, 0) is 18.9 Å². The number of nitrogen functional groups attached to an aromatic ring is 1. The van der Waals surface area contributed by atoms with E-state index < -0.39 is 0 Å². The molecule has 3 N–H and O–H groups in total. The minimum Gasteiger partial charge on any atom is -0.397 e. The summed E-state index contributed by atoms with van der Waals surface area (Å²) in [5, 5.41) is 10.6. The molecule has 0 aliphatic heterocycles. The van der Waals surface area contributed by atoms with Crippen LogP contribution >= 0.6 is 0 Å². The van der Waals surface area contributed by atoms with Gasteiger partial charge in [0.1, 0.15) is 0 Å². The van der Waals surface area contributed by atoms with Gasteiger partial charge in [-0.25, -0.2) is 4.98 Å². The second-order valence-electron chi connectivity index (χ2n) is 4.15. The quantitative estimate of drug-likeness (QED) is 0.866. The molecule has 0 aromatic carbocycles. The summed E-state index contributed by atoms with van der Waals surface area (Å²) < 4.78 is 0. The Morgan fingerprint density at radius 2 is 2.00 bits per heavy atom. The molecular weight excluding hydrogens is 256 g/mol. The molecule has 7 nitrogen and oxygen atoms in total. The second-order valence-corrected chi connectivity index (χ2v) is 4.15. The van der Waals surface area contributed by atoms with Crippen molar-refractivity contribution in [2.45, 2.75) is 26.7 Å². The summed E-state index contributed by atoms with van der Waals surface area (Å²) in [4.78, 5) is 20.2. The monoisotopic (exact) mass is 272 g/mol. The van der Waals surface area contributed by atoms with Crippen molar-refractivity contribution in [3.8, 4) is 0 Å². The van der Waals surface area contributed by atoms with Crippen LogP contribution in [-0.4, -0.2) is 26.1 Å². The highest BCUT2D eigenvalue weighted by molar-refractivity contribution is 6.06. The van der Waals surface area contributed by atoms with Gasteiger partial charge < -0.3 is 5.73 Å². The number of carbonyl (C=O) groups excluding carboxylic acids is 1. The number of anilines is 2. The van der Waals surface area contributed by atoms with Gasteiger partial charge in [0.15, 0.2) is 0 Å². The molecule has 0 atom stereocenters. The second kappa shape index (κ2) is 6.05. The van der Waals surface area contributed by atoms with Crippen molar-refractivity contribution in [2.24, 2.45) is 0 Å². The summed E-state index contributed by atoms with van der Waals surface area (Å²) in [6.45, 7) is 3.97. The first-order chi connectivity index (χ1) is 9.65. The van der Waals surface area contributed by atoms with E-state index >= 15 is 0 Å². The summed E-state index contributed by atoms with van der Waals surface area (Å²) >= 11 is 0. The highest BCUT2D eigenvalue weighted by Gasteiger charge is 2.13. The smallest absolute Gasteiger partial charge is 0.260 e. The van der Waals surface area contributed by atoms with E-state index in [4.69, 9.17) is 5.73 Å². The number of nitrogens with zero attached hydrogens (tertiary/aromatic N) is 4. The van der Waals surface area contributed by atoms with Gasteiger partial charge >= 0.3 is 0 Å². The maximum absolute atomic E-state index is 12.1. The number of pyridine rings is 1. The predicted octanol–water partition coefficient (Wildman–Crippen LogP) is 1.23. The van der Waals surface area contributed by atoms with Crippen molar-refractivity contribution in [3.05, 3.63) is 35.4 Å². The summed E-state index contributed by atoms with van der Waals surface area (Å²) in [7, 11) is 0. The van der Waals surface area contributed by atoms with Gasteiger partial charge in [0.25, 0.3) is 5.91 Å².